The fourth-order valence-electron chi connectivity index (χ4n) is 3.59. The number of benzene rings is 3. The van der Waals surface area contributed by atoms with Crippen LogP contribution in [-0.4, -0.2) is 9.97 Å². The molecule has 0 N–H and O–H groups in total. The van der Waals surface area contributed by atoms with Gasteiger partial charge in [-0.2, -0.15) is 0 Å². The minimum atomic E-state index is -0.881. The molecule has 0 unspecified atom stereocenters. The lowest BCUT2D eigenvalue weighted by Gasteiger charge is -2.18. The third-order valence-corrected chi connectivity index (χ3v) is 7.31. The van der Waals surface area contributed by atoms with Gasteiger partial charge in [0.1, 0.15) is 0 Å². The third kappa shape index (κ3) is 4.30. The molecule has 0 atom stereocenters. The van der Waals surface area contributed by atoms with Crippen LogP contribution in [0.1, 0.15) is 0 Å². The summed E-state index contributed by atoms with van der Waals surface area (Å²) in [5, 5.41) is 1.24. The van der Waals surface area contributed by atoms with E-state index in [4.69, 9.17) is 9.97 Å². The molecule has 0 amide bonds. The number of pyridine rings is 2. The van der Waals surface area contributed by atoms with Gasteiger partial charge in [-0.1, -0.05) is 103 Å². The summed E-state index contributed by atoms with van der Waals surface area (Å²) in [5.74, 6) is 0. The van der Waals surface area contributed by atoms with E-state index in [0.717, 1.165) is 33.4 Å². The summed E-state index contributed by atoms with van der Waals surface area (Å²) in [6.45, 7) is 0. The van der Waals surface area contributed by atoms with Crippen LogP contribution >= 0.6 is 7.92 Å². The number of nitrogens with zero attached hydrogens (tertiary/aromatic N) is 2. The first-order valence-corrected chi connectivity index (χ1v) is 11.6. The minimum Gasteiger partial charge on any atom is -0.247 e. The molecule has 0 radical (unpaired) electrons. The molecule has 2 heterocycles. The molecule has 0 saturated carbocycles. The number of hydrogen-bond donors (Lipinski definition) is 0. The van der Waals surface area contributed by atoms with Crippen molar-refractivity contribution in [3.05, 3.63) is 127 Å². The molecule has 5 aromatic rings. The molecule has 2 nitrogen and oxygen atoms in total. The van der Waals surface area contributed by atoms with Gasteiger partial charge in [-0.3, -0.25) is 0 Å². The van der Waals surface area contributed by atoms with Crippen LogP contribution in [0.2, 0.25) is 0 Å². The summed E-state index contributed by atoms with van der Waals surface area (Å²) in [6.07, 6.45) is 0. The smallest absolute Gasteiger partial charge is 0.0744 e. The Morgan fingerprint density at radius 2 is 0.806 bits per heavy atom. The van der Waals surface area contributed by atoms with Crippen LogP contribution < -0.4 is 16.2 Å². The zero-order valence-electron chi connectivity index (χ0n) is 17.0. The number of aromatic nitrogens is 2. The summed E-state index contributed by atoms with van der Waals surface area (Å²) in [7, 11) is -0.881. The Hall–Kier alpha value is -3.61. The summed E-state index contributed by atoms with van der Waals surface area (Å²) < 4.78 is 0. The lowest BCUT2D eigenvalue weighted by atomic mass is 10.1. The molecule has 31 heavy (non-hydrogen) atoms. The Morgan fingerprint density at radius 1 is 0.387 bits per heavy atom. The fraction of sp³-hybridized carbons (Fsp3) is 0. The summed E-state index contributed by atoms with van der Waals surface area (Å²) in [6, 6.07) is 43.9. The fourth-order valence-corrected chi connectivity index (χ4v) is 5.71. The third-order valence-electron chi connectivity index (χ3n) is 5.08. The topological polar surface area (TPSA) is 25.8 Å². The van der Waals surface area contributed by atoms with E-state index in [1.165, 1.54) is 5.30 Å². The lowest BCUT2D eigenvalue weighted by molar-refractivity contribution is 1.36. The predicted octanol–water partition coefficient (Wildman–Crippen LogP) is 5.57. The molecule has 0 saturated heterocycles. The molecule has 0 bridgehead atoms. The summed E-state index contributed by atoms with van der Waals surface area (Å²) in [4.78, 5) is 10.2. The Bertz CT molecular complexity index is 1190. The largest absolute Gasteiger partial charge is 0.247 e. The Kier molecular flexibility index (Phi) is 5.64. The molecule has 5 rings (SSSR count). The van der Waals surface area contributed by atoms with Crippen LogP contribution in [-0.2, 0) is 0 Å². The first-order valence-electron chi connectivity index (χ1n) is 10.3. The number of hydrogen-bond acceptors (Lipinski definition) is 2. The van der Waals surface area contributed by atoms with Gasteiger partial charge in [-0.15, -0.1) is 0 Å². The van der Waals surface area contributed by atoms with Gasteiger partial charge in [0.15, 0.2) is 0 Å². The first kappa shape index (κ1) is 19.4. The highest BCUT2D eigenvalue weighted by molar-refractivity contribution is 7.79. The average molecular weight is 416 g/mol. The summed E-state index contributed by atoms with van der Waals surface area (Å²) in [5.41, 5.74) is 6.33. The molecular weight excluding hydrogens is 395 g/mol. The summed E-state index contributed by atoms with van der Waals surface area (Å²) >= 11 is 0. The van der Waals surface area contributed by atoms with Crippen LogP contribution in [0.4, 0.5) is 0 Å². The second kappa shape index (κ2) is 9.04. The van der Waals surface area contributed by atoms with Gasteiger partial charge < -0.3 is 0 Å². The van der Waals surface area contributed by atoms with Crippen molar-refractivity contribution in [1.82, 2.24) is 9.97 Å². The zero-order chi connectivity index (χ0) is 20.9. The van der Waals surface area contributed by atoms with Gasteiger partial charge >= 0.3 is 0 Å². The normalized spacial score (nSPS) is 10.9. The molecule has 3 heteroatoms. The quantitative estimate of drug-likeness (QED) is 0.350. The van der Waals surface area contributed by atoms with E-state index in [1.54, 1.807) is 0 Å². The molecule has 0 spiro atoms. The van der Waals surface area contributed by atoms with Crippen LogP contribution in [0.3, 0.4) is 0 Å². The van der Waals surface area contributed by atoms with E-state index in [2.05, 4.69) is 115 Å². The maximum absolute atomic E-state index is 5.09. The maximum Gasteiger partial charge on any atom is 0.0744 e. The van der Waals surface area contributed by atoms with Gasteiger partial charge in [-0.05, 0) is 29.6 Å². The van der Waals surface area contributed by atoms with Crippen LogP contribution in [0, 0.1) is 0 Å². The molecule has 0 fully saturated rings. The minimum absolute atomic E-state index is 0.881. The molecule has 3 aromatic carbocycles. The van der Waals surface area contributed by atoms with Crippen molar-refractivity contribution in [1.29, 1.82) is 0 Å². The second-order valence-electron chi connectivity index (χ2n) is 7.17. The van der Waals surface area contributed by atoms with Crippen molar-refractivity contribution in [2.45, 2.75) is 0 Å². The Morgan fingerprint density at radius 3 is 1.26 bits per heavy atom. The van der Waals surface area contributed by atoms with Gasteiger partial charge in [0.05, 0.1) is 22.3 Å². The van der Waals surface area contributed by atoms with Gasteiger partial charge in [0, 0.05) is 19.0 Å². The highest BCUT2D eigenvalue weighted by Gasteiger charge is 2.20. The van der Waals surface area contributed by atoms with E-state index in [-0.39, 0.29) is 0 Å². The Labute approximate surface area is 184 Å². The van der Waals surface area contributed by atoms with Crippen molar-refractivity contribution in [3.8, 4) is 22.5 Å². The maximum atomic E-state index is 5.09. The van der Waals surface area contributed by atoms with Gasteiger partial charge in [0.2, 0.25) is 0 Å². The standard InChI is InChI=1S/C28H21N2P/c1-4-12-22(13-5-1)25-18-10-20-27(29-25)31(24-16-8-3-9-17-24)28-21-11-19-26(30-28)23-14-6-2-7-15-23/h1-21H. The highest BCUT2D eigenvalue weighted by Crippen LogP contribution is 2.32. The van der Waals surface area contributed by atoms with E-state index in [1.807, 2.05) is 12.1 Å². The molecule has 0 aliphatic heterocycles. The van der Waals surface area contributed by atoms with Gasteiger partial charge in [0.25, 0.3) is 0 Å². The lowest BCUT2D eigenvalue weighted by Crippen LogP contribution is -2.25. The Balaban J connectivity index is 1.63. The van der Waals surface area contributed by atoms with Crippen molar-refractivity contribution >= 4 is 24.1 Å². The predicted molar refractivity (Wildman–Crippen MR) is 132 cm³/mol. The van der Waals surface area contributed by atoms with Crippen molar-refractivity contribution < 1.29 is 0 Å². The molecule has 148 valence electrons. The van der Waals surface area contributed by atoms with Crippen LogP contribution in [0.25, 0.3) is 22.5 Å². The van der Waals surface area contributed by atoms with E-state index < -0.39 is 7.92 Å². The monoisotopic (exact) mass is 416 g/mol. The van der Waals surface area contributed by atoms with E-state index in [9.17, 15) is 0 Å². The number of rotatable bonds is 5. The van der Waals surface area contributed by atoms with E-state index in [0.29, 0.717) is 0 Å². The van der Waals surface area contributed by atoms with Crippen LogP contribution in [0.15, 0.2) is 127 Å². The highest BCUT2D eigenvalue weighted by atomic mass is 31.1. The average Bonchev–Trinajstić information content (AvgIpc) is 2.86. The molecular formula is C28H21N2P. The SMILES string of the molecule is c1ccc(-c2cccc(P(c3ccccc3)c3cccc(-c4ccccc4)n3)n2)cc1. The van der Waals surface area contributed by atoms with Crippen molar-refractivity contribution in [2.75, 3.05) is 0 Å². The zero-order valence-corrected chi connectivity index (χ0v) is 17.9. The van der Waals surface area contributed by atoms with Crippen molar-refractivity contribution in [2.24, 2.45) is 0 Å². The second-order valence-corrected chi connectivity index (χ2v) is 9.27. The van der Waals surface area contributed by atoms with Gasteiger partial charge in [-0.25, -0.2) is 9.97 Å². The molecule has 2 aromatic heterocycles. The van der Waals surface area contributed by atoms with Crippen molar-refractivity contribution in [3.63, 3.8) is 0 Å². The molecule has 0 aliphatic carbocycles. The first-order chi connectivity index (χ1) is 15.4. The molecule has 0 aliphatic rings. The van der Waals surface area contributed by atoms with E-state index >= 15 is 0 Å². The van der Waals surface area contributed by atoms with Crippen LogP contribution in [0.5, 0.6) is 0 Å².